The van der Waals surface area contributed by atoms with Crippen LogP contribution in [-0.4, -0.2) is 35.8 Å². The van der Waals surface area contributed by atoms with E-state index in [9.17, 15) is 18.0 Å². The number of ether oxygens (including phenoxy) is 1. The summed E-state index contributed by atoms with van der Waals surface area (Å²) in [6, 6.07) is 2.04. The molecule has 0 fully saturated rings. The average Bonchev–Trinajstić information content (AvgIpc) is 2.27. The number of aliphatic carboxylic acids is 1. The SMILES string of the molecule is COCC(Nc1cccc(C(F)(F)F)n1)C(=O)O. The van der Waals surface area contributed by atoms with E-state index in [2.05, 4.69) is 15.0 Å². The second-order valence-electron chi connectivity index (χ2n) is 3.40. The van der Waals surface area contributed by atoms with Crippen molar-refractivity contribution in [1.29, 1.82) is 0 Å². The molecule has 2 N–H and O–H groups in total. The van der Waals surface area contributed by atoms with Gasteiger partial charge in [0.15, 0.2) is 0 Å². The molecule has 1 unspecified atom stereocenters. The molecular formula is C10H11F3N2O3. The van der Waals surface area contributed by atoms with Crippen molar-refractivity contribution in [1.82, 2.24) is 4.98 Å². The Bertz CT molecular complexity index is 423. The van der Waals surface area contributed by atoms with Gasteiger partial charge < -0.3 is 15.2 Å². The van der Waals surface area contributed by atoms with Crippen LogP contribution in [0.5, 0.6) is 0 Å². The highest BCUT2D eigenvalue weighted by Gasteiger charge is 2.32. The molecule has 1 rings (SSSR count). The van der Waals surface area contributed by atoms with Crippen molar-refractivity contribution >= 4 is 11.8 Å². The zero-order valence-electron chi connectivity index (χ0n) is 9.36. The zero-order chi connectivity index (χ0) is 13.8. The minimum absolute atomic E-state index is 0.172. The van der Waals surface area contributed by atoms with Gasteiger partial charge in [-0.1, -0.05) is 6.07 Å². The fourth-order valence-electron chi connectivity index (χ4n) is 1.19. The zero-order valence-corrected chi connectivity index (χ0v) is 9.36. The first kappa shape index (κ1) is 14.2. The molecule has 0 saturated carbocycles. The Balaban J connectivity index is 2.87. The number of pyridine rings is 1. The number of rotatable bonds is 5. The molecule has 0 aromatic carbocycles. The topological polar surface area (TPSA) is 71.5 Å². The van der Waals surface area contributed by atoms with Gasteiger partial charge in [-0.25, -0.2) is 9.78 Å². The van der Waals surface area contributed by atoms with Gasteiger partial charge in [-0.3, -0.25) is 0 Å². The summed E-state index contributed by atoms with van der Waals surface area (Å²) in [7, 11) is 1.29. The number of anilines is 1. The average molecular weight is 264 g/mol. The Morgan fingerprint density at radius 3 is 2.72 bits per heavy atom. The van der Waals surface area contributed by atoms with Crippen LogP contribution < -0.4 is 5.32 Å². The smallest absolute Gasteiger partial charge is 0.433 e. The lowest BCUT2D eigenvalue weighted by Gasteiger charge is -2.15. The molecule has 0 aliphatic rings. The summed E-state index contributed by atoms with van der Waals surface area (Å²) in [5, 5.41) is 11.2. The second-order valence-corrected chi connectivity index (χ2v) is 3.40. The molecule has 0 spiro atoms. The first-order chi connectivity index (χ1) is 8.34. The fourth-order valence-corrected chi connectivity index (χ4v) is 1.19. The normalized spacial score (nSPS) is 13.1. The monoisotopic (exact) mass is 264 g/mol. The van der Waals surface area contributed by atoms with Gasteiger partial charge in [-0.2, -0.15) is 13.2 Å². The van der Waals surface area contributed by atoms with Crippen LogP contribution in [0.1, 0.15) is 5.69 Å². The Labute approximate surface area is 101 Å². The molecule has 8 heteroatoms. The highest BCUT2D eigenvalue weighted by atomic mass is 19.4. The van der Waals surface area contributed by atoms with Crippen molar-refractivity contribution in [3.63, 3.8) is 0 Å². The number of carboxylic acids is 1. The molecular weight excluding hydrogens is 253 g/mol. The standard InChI is InChI=1S/C10H11F3N2O3/c1-18-5-6(9(16)17)14-8-4-2-3-7(15-8)10(11,12)13/h2-4,6H,5H2,1H3,(H,14,15)(H,16,17). The number of carbonyl (C=O) groups is 1. The lowest BCUT2D eigenvalue weighted by molar-refractivity contribution is -0.141. The van der Waals surface area contributed by atoms with Crippen LogP contribution in [0, 0.1) is 0 Å². The van der Waals surface area contributed by atoms with E-state index in [0.29, 0.717) is 0 Å². The van der Waals surface area contributed by atoms with Crippen LogP contribution in [0.3, 0.4) is 0 Å². The van der Waals surface area contributed by atoms with Crippen LogP contribution >= 0.6 is 0 Å². The first-order valence-electron chi connectivity index (χ1n) is 4.87. The summed E-state index contributed by atoms with van der Waals surface area (Å²) >= 11 is 0. The summed E-state index contributed by atoms with van der Waals surface area (Å²) in [4.78, 5) is 14.1. The number of methoxy groups -OCH3 is 1. The van der Waals surface area contributed by atoms with E-state index in [1.54, 1.807) is 0 Å². The molecule has 0 bridgehead atoms. The number of hydrogen-bond acceptors (Lipinski definition) is 4. The Morgan fingerprint density at radius 2 is 2.22 bits per heavy atom. The molecule has 0 radical (unpaired) electrons. The van der Waals surface area contributed by atoms with Crippen molar-refractivity contribution in [2.75, 3.05) is 19.0 Å². The number of nitrogens with zero attached hydrogens (tertiary/aromatic N) is 1. The molecule has 0 saturated heterocycles. The van der Waals surface area contributed by atoms with Crippen molar-refractivity contribution in [2.24, 2.45) is 0 Å². The van der Waals surface area contributed by atoms with E-state index in [-0.39, 0.29) is 12.4 Å². The minimum Gasteiger partial charge on any atom is -0.480 e. The molecule has 100 valence electrons. The van der Waals surface area contributed by atoms with Crippen molar-refractivity contribution < 1.29 is 27.8 Å². The molecule has 1 atom stereocenters. The second kappa shape index (κ2) is 5.67. The number of alkyl halides is 3. The van der Waals surface area contributed by atoms with E-state index >= 15 is 0 Å². The summed E-state index contributed by atoms with van der Waals surface area (Å²) < 4.78 is 41.8. The number of halogens is 3. The Kier molecular flexibility index (Phi) is 4.49. The summed E-state index contributed by atoms with van der Waals surface area (Å²) in [6.45, 7) is -0.187. The molecule has 1 aromatic rings. The van der Waals surface area contributed by atoms with Crippen LogP contribution in [0.25, 0.3) is 0 Å². The third-order valence-corrected chi connectivity index (χ3v) is 1.99. The number of carboxylic acid groups (broad SMARTS) is 1. The number of aromatic nitrogens is 1. The van der Waals surface area contributed by atoms with Crippen LogP contribution in [0.15, 0.2) is 18.2 Å². The van der Waals surface area contributed by atoms with Gasteiger partial charge in [-0.05, 0) is 12.1 Å². The highest BCUT2D eigenvalue weighted by Crippen LogP contribution is 2.28. The molecule has 0 amide bonds. The third kappa shape index (κ3) is 3.88. The first-order valence-corrected chi connectivity index (χ1v) is 4.87. The maximum absolute atomic E-state index is 12.4. The molecule has 18 heavy (non-hydrogen) atoms. The predicted octanol–water partition coefficient (Wildman–Crippen LogP) is 1.61. The summed E-state index contributed by atoms with van der Waals surface area (Å²) in [5.41, 5.74) is -1.09. The minimum atomic E-state index is -4.57. The van der Waals surface area contributed by atoms with Crippen LogP contribution in [-0.2, 0) is 15.7 Å². The van der Waals surface area contributed by atoms with Crippen LogP contribution in [0.4, 0.5) is 19.0 Å². The van der Waals surface area contributed by atoms with E-state index in [1.165, 1.54) is 13.2 Å². The molecule has 0 aliphatic carbocycles. The van der Waals surface area contributed by atoms with Gasteiger partial charge in [0.25, 0.3) is 0 Å². The summed E-state index contributed by atoms with van der Waals surface area (Å²) in [5.74, 6) is -1.41. The molecule has 1 aromatic heterocycles. The van der Waals surface area contributed by atoms with E-state index < -0.39 is 23.9 Å². The van der Waals surface area contributed by atoms with E-state index in [0.717, 1.165) is 12.1 Å². The molecule has 5 nitrogen and oxygen atoms in total. The van der Waals surface area contributed by atoms with Gasteiger partial charge in [0.1, 0.15) is 17.6 Å². The maximum Gasteiger partial charge on any atom is 0.433 e. The van der Waals surface area contributed by atoms with Gasteiger partial charge in [0.2, 0.25) is 0 Å². The maximum atomic E-state index is 12.4. The third-order valence-electron chi connectivity index (χ3n) is 1.99. The predicted molar refractivity (Wildman–Crippen MR) is 56.2 cm³/mol. The van der Waals surface area contributed by atoms with Gasteiger partial charge in [-0.15, -0.1) is 0 Å². The lowest BCUT2D eigenvalue weighted by atomic mass is 10.3. The van der Waals surface area contributed by atoms with E-state index in [4.69, 9.17) is 5.11 Å². The molecule has 1 heterocycles. The van der Waals surface area contributed by atoms with Gasteiger partial charge >= 0.3 is 12.1 Å². The van der Waals surface area contributed by atoms with E-state index in [1.807, 2.05) is 0 Å². The summed E-state index contributed by atoms with van der Waals surface area (Å²) in [6.07, 6.45) is -4.57. The van der Waals surface area contributed by atoms with Crippen molar-refractivity contribution in [3.05, 3.63) is 23.9 Å². The Hall–Kier alpha value is -1.83. The van der Waals surface area contributed by atoms with Crippen LogP contribution in [0.2, 0.25) is 0 Å². The van der Waals surface area contributed by atoms with Gasteiger partial charge in [0, 0.05) is 7.11 Å². The van der Waals surface area contributed by atoms with Crippen molar-refractivity contribution in [2.45, 2.75) is 12.2 Å². The molecule has 0 aliphatic heterocycles. The highest BCUT2D eigenvalue weighted by molar-refractivity contribution is 5.77. The van der Waals surface area contributed by atoms with Crippen molar-refractivity contribution in [3.8, 4) is 0 Å². The Morgan fingerprint density at radius 1 is 1.56 bits per heavy atom. The largest absolute Gasteiger partial charge is 0.480 e. The van der Waals surface area contributed by atoms with Gasteiger partial charge in [0.05, 0.1) is 6.61 Å². The quantitative estimate of drug-likeness (QED) is 0.845. The lowest BCUT2D eigenvalue weighted by Crippen LogP contribution is -2.34. The number of nitrogens with one attached hydrogen (secondary N) is 1. The number of hydrogen-bond donors (Lipinski definition) is 2. The fraction of sp³-hybridized carbons (Fsp3) is 0.400.